The Labute approximate surface area is 88.0 Å². The van der Waals surface area contributed by atoms with Crippen LogP contribution in [0.2, 0.25) is 0 Å². The maximum Gasteiger partial charge on any atom is 0.192 e. The van der Waals surface area contributed by atoms with Crippen LogP contribution in [0.4, 0.5) is 10.2 Å². The van der Waals surface area contributed by atoms with E-state index in [-0.39, 0.29) is 11.6 Å². The molecule has 0 radical (unpaired) electrons. The van der Waals surface area contributed by atoms with Gasteiger partial charge in [-0.3, -0.25) is 4.84 Å². The third-order valence-corrected chi connectivity index (χ3v) is 2.42. The molecule has 0 aromatic carbocycles. The maximum absolute atomic E-state index is 13.8. The molecule has 0 atom stereocenters. The van der Waals surface area contributed by atoms with Crippen molar-refractivity contribution in [3.8, 4) is 0 Å². The van der Waals surface area contributed by atoms with Crippen LogP contribution in [-0.2, 0) is 11.3 Å². The molecule has 2 heterocycles. The van der Waals surface area contributed by atoms with Crippen LogP contribution >= 0.6 is 0 Å². The minimum atomic E-state index is -0.359. The Morgan fingerprint density at radius 1 is 1.47 bits per heavy atom. The van der Waals surface area contributed by atoms with Gasteiger partial charge in [0.15, 0.2) is 11.6 Å². The Morgan fingerprint density at radius 2 is 2.33 bits per heavy atom. The highest BCUT2D eigenvalue weighted by Gasteiger charge is 2.19. The van der Waals surface area contributed by atoms with Gasteiger partial charge in [-0.2, -0.15) is 0 Å². The number of hydroxylamine groups is 1. The molecule has 2 rings (SSSR count). The normalized spacial score (nSPS) is 16.8. The van der Waals surface area contributed by atoms with Crippen molar-refractivity contribution in [2.45, 2.75) is 26.2 Å². The van der Waals surface area contributed by atoms with Crippen LogP contribution in [0.25, 0.3) is 0 Å². The summed E-state index contributed by atoms with van der Waals surface area (Å²) in [6.07, 6.45) is 3.97. The lowest BCUT2D eigenvalue weighted by molar-refractivity contribution is 0.0743. The number of hydrogen-bond acceptors (Lipinski definition) is 4. The number of halogens is 1. The van der Waals surface area contributed by atoms with Gasteiger partial charge in [-0.25, -0.2) is 19.4 Å². The van der Waals surface area contributed by atoms with Gasteiger partial charge in [-0.1, -0.05) is 6.92 Å². The zero-order valence-corrected chi connectivity index (χ0v) is 8.74. The summed E-state index contributed by atoms with van der Waals surface area (Å²) >= 11 is 0. The second-order valence-electron chi connectivity index (χ2n) is 3.45. The molecule has 4 nitrogen and oxygen atoms in total. The second-order valence-corrected chi connectivity index (χ2v) is 3.45. The summed E-state index contributed by atoms with van der Waals surface area (Å²) in [6, 6.07) is 0. The Hall–Kier alpha value is -1.23. The van der Waals surface area contributed by atoms with E-state index in [1.807, 2.05) is 6.92 Å². The van der Waals surface area contributed by atoms with Gasteiger partial charge in [0.1, 0.15) is 6.33 Å². The number of rotatable bonds is 2. The van der Waals surface area contributed by atoms with Crippen LogP contribution in [0, 0.1) is 5.82 Å². The molecule has 0 bridgehead atoms. The SMILES string of the molecule is CCc1ncnc(N2CCCCO2)c1F. The van der Waals surface area contributed by atoms with Crippen molar-refractivity contribution in [2.24, 2.45) is 0 Å². The summed E-state index contributed by atoms with van der Waals surface area (Å²) in [5.74, 6) is -0.0940. The number of anilines is 1. The first-order valence-corrected chi connectivity index (χ1v) is 5.22. The van der Waals surface area contributed by atoms with E-state index in [0.29, 0.717) is 25.3 Å². The van der Waals surface area contributed by atoms with Crippen molar-refractivity contribution in [3.63, 3.8) is 0 Å². The monoisotopic (exact) mass is 211 g/mol. The summed E-state index contributed by atoms with van der Waals surface area (Å²) in [7, 11) is 0. The third-order valence-electron chi connectivity index (χ3n) is 2.42. The molecule has 15 heavy (non-hydrogen) atoms. The molecule has 0 aliphatic carbocycles. The third kappa shape index (κ3) is 2.07. The fourth-order valence-electron chi connectivity index (χ4n) is 1.58. The molecule has 1 aliphatic rings. The second kappa shape index (κ2) is 4.53. The summed E-state index contributed by atoms with van der Waals surface area (Å²) in [4.78, 5) is 13.2. The van der Waals surface area contributed by atoms with E-state index >= 15 is 0 Å². The molecule has 0 saturated carbocycles. The van der Waals surface area contributed by atoms with Gasteiger partial charge in [0, 0.05) is 6.54 Å². The first-order valence-electron chi connectivity index (χ1n) is 5.22. The first kappa shape index (κ1) is 10.3. The standard InChI is InChI=1S/C10H14FN3O/c1-2-8-9(11)10(13-7-12-8)14-5-3-4-6-15-14/h7H,2-6H2,1H3. The van der Waals surface area contributed by atoms with Crippen LogP contribution in [0.1, 0.15) is 25.5 Å². The highest BCUT2D eigenvalue weighted by molar-refractivity contribution is 5.38. The predicted molar refractivity (Wildman–Crippen MR) is 53.9 cm³/mol. The quantitative estimate of drug-likeness (QED) is 0.746. The van der Waals surface area contributed by atoms with Crippen molar-refractivity contribution in [2.75, 3.05) is 18.2 Å². The van der Waals surface area contributed by atoms with Crippen LogP contribution in [0.5, 0.6) is 0 Å². The molecule has 1 aromatic heterocycles. The molecule has 82 valence electrons. The molecule has 0 spiro atoms. The van der Waals surface area contributed by atoms with Crippen molar-refractivity contribution < 1.29 is 9.23 Å². The summed E-state index contributed by atoms with van der Waals surface area (Å²) in [5, 5.41) is 1.53. The molecule has 1 aliphatic heterocycles. The zero-order valence-electron chi connectivity index (χ0n) is 8.74. The zero-order chi connectivity index (χ0) is 10.7. The van der Waals surface area contributed by atoms with E-state index in [1.54, 1.807) is 0 Å². The van der Waals surface area contributed by atoms with Crippen molar-refractivity contribution in [3.05, 3.63) is 17.8 Å². The lowest BCUT2D eigenvalue weighted by Crippen LogP contribution is -2.31. The van der Waals surface area contributed by atoms with Crippen LogP contribution in [0.15, 0.2) is 6.33 Å². The maximum atomic E-state index is 13.8. The Balaban J connectivity index is 2.26. The number of aryl methyl sites for hydroxylation is 1. The average Bonchev–Trinajstić information content (AvgIpc) is 2.30. The van der Waals surface area contributed by atoms with E-state index in [1.165, 1.54) is 11.4 Å². The van der Waals surface area contributed by atoms with Crippen molar-refractivity contribution in [1.82, 2.24) is 9.97 Å². The molecule has 0 unspecified atom stereocenters. The van der Waals surface area contributed by atoms with E-state index in [4.69, 9.17) is 4.84 Å². The number of nitrogens with zero attached hydrogens (tertiary/aromatic N) is 3. The van der Waals surface area contributed by atoms with Gasteiger partial charge >= 0.3 is 0 Å². The molecule has 1 saturated heterocycles. The Morgan fingerprint density at radius 3 is 3.00 bits per heavy atom. The minimum absolute atomic E-state index is 0.265. The molecule has 0 N–H and O–H groups in total. The molecule has 1 fully saturated rings. The fraction of sp³-hybridized carbons (Fsp3) is 0.600. The topological polar surface area (TPSA) is 38.2 Å². The van der Waals surface area contributed by atoms with Crippen molar-refractivity contribution >= 4 is 5.82 Å². The van der Waals surface area contributed by atoms with Gasteiger partial charge in [-0.05, 0) is 19.3 Å². The summed E-state index contributed by atoms with van der Waals surface area (Å²) < 4.78 is 13.8. The lowest BCUT2D eigenvalue weighted by atomic mass is 10.2. The molecule has 5 heteroatoms. The fourth-order valence-corrected chi connectivity index (χ4v) is 1.58. The van der Waals surface area contributed by atoms with Crippen LogP contribution < -0.4 is 5.06 Å². The Bertz CT molecular complexity index is 339. The Kier molecular flexibility index (Phi) is 3.11. The van der Waals surface area contributed by atoms with E-state index in [9.17, 15) is 4.39 Å². The number of aromatic nitrogens is 2. The molecule has 1 aromatic rings. The summed E-state index contributed by atoms with van der Waals surface area (Å²) in [6.45, 7) is 3.19. The van der Waals surface area contributed by atoms with Crippen LogP contribution in [-0.4, -0.2) is 23.1 Å². The van der Waals surface area contributed by atoms with E-state index in [0.717, 1.165) is 12.8 Å². The molecule has 0 amide bonds. The highest BCUT2D eigenvalue weighted by Crippen LogP contribution is 2.21. The lowest BCUT2D eigenvalue weighted by Gasteiger charge is -2.27. The van der Waals surface area contributed by atoms with Gasteiger partial charge in [0.2, 0.25) is 0 Å². The van der Waals surface area contributed by atoms with Gasteiger partial charge < -0.3 is 0 Å². The van der Waals surface area contributed by atoms with Gasteiger partial charge in [0.05, 0.1) is 12.3 Å². The summed E-state index contributed by atoms with van der Waals surface area (Å²) in [5.41, 5.74) is 0.439. The number of hydrogen-bond donors (Lipinski definition) is 0. The highest BCUT2D eigenvalue weighted by atomic mass is 19.1. The minimum Gasteiger partial charge on any atom is -0.272 e. The van der Waals surface area contributed by atoms with Crippen molar-refractivity contribution in [1.29, 1.82) is 0 Å². The predicted octanol–water partition coefficient (Wildman–Crippen LogP) is 1.71. The first-order chi connectivity index (χ1) is 7.33. The van der Waals surface area contributed by atoms with Gasteiger partial charge in [0.25, 0.3) is 0 Å². The van der Waals surface area contributed by atoms with Crippen LogP contribution in [0.3, 0.4) is 0 Å². The average molecular weight is 211 g/mol. The molecular formula is C10H14FN3O. The smallest absolute Gasteiger partial charge is 0.192 e. The van der Waals surface area contributed by atoms with E-state index in [2.05, 4.69) is 9.97 Å². The van der Waals surface area contributed by atoms with Gasteiger partial charge in [-0.15, -0.1) is 0 Å². The van der Waals surface area contributed by atoms with E-state index < -0.39 is 0 Å². The molecular weight excluding hydrogens is 197 g/mol. The largest absolute Gasteiger partial charge is 0.272 e.